The van der Waals surface area contributed by atoms with Crippen molar-refractivity contribution < 1.29 is 13.2 Å². The van der Waals surface area contributed by atoms with E-state index in [9.17, 15) is 18.5 Å². The van der Waals surface area contributed by atoms with Crippen LogP contribution in [0, 0.1) is 11.3 Å². The van der Waals surface area contributed by atoms with Gasteiger partial charge in [-0.05, 0) is 50.8 Å². The van der Waals surface area contributed by atoms with Gasteiger partial charge in [0.25, 0.3) is 0 Å². The highest BCUT2D eigenvalue weighted by Crippen LogP contribution is 2.30. The summed E-state index contributed by atoms with van der Waals surface area (Å²) in [4.78, 5) is 17.5. The van der Waals surface area contributed by atoms with E-state index in [2.05, 4.69) is 16.4 Å². The molecule has 0 atom stereocenters. The number of carbonyl (C=O) groups is 1. The molecule has 33 heavy (non-hydrogen) atoms. The predicted molar refractivity (Wildman–Crippen MR) is 128 cm³/mol. The molecule has 1 aromatic heterocycles. The molecule has 2 aliphatic rings. The molecule has 8 nitrogen and oxygen atoms in total. The van der Waals surface area contributed by atoms with E-state index in [1.807, 2.05) is 11.5 Å². The second kappa shape index (κ2) is 10.0. The molecule has 178 valence electrons. The summed E-state index contributed by atoms with van der Waals surface area (Å²) in [6.07, 6.45) is 7.25. The fourth-order valence-corrected chi connectivity index (χ4v) is 7.19. The van der Waals surface area contributed by atoms with Gasteiger partial charge in [-0.25, -0.2) is 13.4 Å². The molecular weight excluding hydrogens is 458 g/mol. The smallest absolute Gasteiger partial charge is 0.243 e. The van der Waals surface area contributed by atoms with Crippen molar-refractivity contribution in [1.29, 1.82) is 5.26 Å². The third kappa shape index (κ3) is 5.05. The number of nitriles is 1. The SMILES string of the molecule is CCn1c(SCC(=O)NC2(C#N)CCCCC2)nc2cc(S(=O)(=O)N3CCCCC3)ccc21. The Balaban J connectivity index is 1.51. The molecule has 1 amide bonds. The number of sulfonamides is 1. The number of hydrogen-bond acceptors (Lipinski definition) is 6. The molecule has 2 heterocycles. The Bertz CT molecular complexity index is 1160. The fourth-order valence-electron chi connectivity index (χ4n) is 4.77. The number of amides is 1. The highest BCUT2D eigenvalue weighted by Gasteiger charge is 2.33. The van der Waals surface area contributed by atoms with Gasteiger partial charge in [0.2, 0.25) is 15.9 Å². The number of benzene rings is 1. The summed E-state index contributed by atoms with van der Waals surface area (Å²) < 4.78 is 29.7. The number of carbonyl (C=O) groups excluding carboxylic acids is 1. The van der Waals surface area contributed by atoms with Crippen LogP contribution in [0.25, 0.3) is 11.0 Å². The largest absolute Gasteiger partial charge is 0.337 e. The zero-order valence-electron chi connectivity index (χ0n) is 19.0. The van der Waals surface area contributed by atoms with Crippen molar-refractivity contribution in [3.8, 4) is 6.07 Å². The number of hydrogen-bond donors (Lipinski definition) is 1. The monoisotopic (exact) mass is 489 g/mol. The molecule has 0 unspecified atom stereocenters. The third-order valence-electron chi connectivity index (χ3n) is 6.59. The Morgan fingerprint density at radius 2 is 1.88 bits per heavy atom. The molecule has 1 aromatic carbocycles. The third-order valence-corrected chi connectivity index (χ3v) is 9.46. The Morgan fingerprint density at radius 1 is 1.18 bits per heavy atom. The van der Waals surface area contributed by atoms with Crippen LogP contribution in [0.4, 0.5) is 0 Å². The number of nitrogens with one attached hydrogen (secondary N) is 1. The number of imidazole rings is 1. The maximum atomic E-state index is 13.1. The molecule has 4 rings (SSSR count). The van der Waals surface area contributed by atoms with Crippen LogP contribution in [0.15, 0.2) is 28.3 Å². The summed E-state index contributed by atoms with van der Waals surface area (Å²) in [5, 5.41) is 13.2. The van der Waals surface area contributed by atoms with Gasteiger partial charge < -0.3 is 9.88 Å². The van der Waals surface area contributed by atoms with Gasteiger partial charge in [-0.1, -0.05) is 37.4 Å². The molecular formula is C23H31N5O3S2. The maximum absolute atomic E-state index is 13.1. The first-order valence-corrected chi connectivity index (χ1v) is 14.2. The van der Waals surface area contributed by atoms with Crippen LogP contribution < -0.4 is 5.32 Å². The minimum Gasteiger partial charge on any atom is -0.337 e. The highest BCUT2D eigenvalue weighted by atomic mass is 32.2. The molecule has 1 saturated carbocycles. The minimum absolute atomic E-state index is 0.158. The highest BCUT2D eigenvalue weighted by molar-refractivity contribution is 7.99. The summed E-state index contributed by atoms with van der Waals surface area (Å²) >= 11 is 1.32. The lowest BCUT2D eigenvalue weighted by Crippen LogP contribution is -2.49. The Morgan fingerprint density at radius 3 is 2.55 bits per heavy atom. The molecule has 1 aliphatic carbocycles. The fraction of sp³-hybridized carbons (Fsp3) is 0.609. The second-order valence-electron chi connectivity index (χ2n) is 8.85. The van der Waals surface area contributed by atoms with Gasteiger partial charge in [-0.15, -0.1) is 0 Å². The maximum Gasteiger partial charge on any atom is 0.243 e. The van der Waals surface area contributed by atoms with Crippen molar-refractivity contribution in [3.05, 3.63) is 18.2 Å². The quantitative estimate of drug-likeness (QED) is 0.595. The van der Waals surface area contributed by atoms with Crippen LogP contribution in [-0.2, 0) is 21.4 Å². The number of piperidine rings is 1. The Kier molecular flexibility index (Phi) is 7.31. The summed E-state index contributed by atoms with van der Waals surface area (Å²) in [6, 6.07) is 7.41. The van der Waals surface area contributed by atoms with Crippen molar-refractivity contribution in [2.24, 2.45) is 0 Å². The van der Waals surface area contributed by atoms with Crippen LogP contribution in [0.2, 0.25) is 0 Å². The lowest BCUT2D eigenvalue weighted by Gasteiger charge is -2.31. The van der Waals surface area contributed by atoms with E-state index in [-0.39, 0.29) is 16.6 Å². The molecule has 1 saturated heterocycles. The normalized spacial score (nSPS) is 19.3. The molecule has 10 heteroatoms. The topological polar surface area (TPSA) is 108 Å². The van der Waals surface area contributed by atoms with Crippen LogP contribution in [0.5, 0.6) is 0 Å². The lowest BCUT2D eigenvalue weighted by atomic mass is 9.83. The van der Waals surface area contributed by atoms with E-state index >= 15 is 0 Å². The van der Waals surface area contributed by atoms with Crippen molar-refractivity contribution >= 4 is 38.7 Å². The van der Waals surface area contributed by atoms with Gasteiger partial charge in [0.1, 0.15) is 5.54 Å². The number of fused-ring (bicyclic) bond motifs is 1. The van der Waals surface area contributed by atoms with Crippen molar-refractivity contribution in [2.75, 3.05) is 18.8 Å². The van der Waals surface area contributed by atoms with E-state index in [0.29, 0.717) is 43.1 Å². The van der Waals surface area contributed by atoms with Crippen molar-refractivity contribution in [2.45, 2.75) is 80.4 Å². The van der Waals surface area contributed by atoms with E-state index in [1.54, 1.807) is 22.5 Å². The number of thioether (sulfide) groups is 1. The van der Waals surface area contributed by atoms with Gasteiger partial charge in [0.05, 0.1) is 27.8 Å². The van der Waals surface area contributed by atoms with E-state index in [1.165, 1.54) is 11.8 Å². The average Bonchev–Trinajstić information content (AvgIpc) is 3.20. The van der Waals surface area contributed by atoms with Gasteiger partial charge in [-0.3, -0.25) is 4.79 Å². The summed E-state index contributed by atoms with van der Waals surface area (Å²) in [7, 11) is -3.53. The summed E-state index contributed by atoms with van der Waals surface area (Å²) in [5.41, 5.74) is 0.704. The zero-order chi connectivity index (χ0) is 23.5. The minimum atomic E-state index is -3.53. The molecule has 2 fully saturated rings. The number of nitrogens with zero attached hydrogens (tertiary/aromatic N) is 4. The first kappa shape index (κ1) is 24.0. The van der Waals surface area contributed by atoms with E-state index in [0.717, 1.165) is 44.0 Å². The number of rotatable bonds is 7. The standard InChI is InChI=1S/C23H31N5O3S2/c1-2-28-20-10-9-18(33(30,31)27-13-7-4-8-14-27)15-19(20)25-22(28)32-16-21(29)26-23(17-24)11-5-3-6-12-23/h9-10,15H,2-8,11-14,16H2,1H3,(H,26,29). The van der Waals surface area contributed by atoms with Gasteiger partial charge in [0.15, 0.2) is 5.16 Å². The van der Waals surface area contributed by atoms with E-state index in [4.69, 9.17) is 0 Å². The average molecular weight is 490 g/mol. The van der Waals surface area contributed by atoms with Crippen LogP contribution in [0.3, 0.4) is 0 Å². The molecule has 1 N–H and O–H groups in total. The lowest BCUT2D eigenvalue weighted by molar-refractivity contribution is -0.120. The predicted octanol–water partition coefficient (Wildman–Crippen LogP) is 3.67. The molecule has 0 spiro atoms. The molecule has 0 bridgehead atoms. The zero-order valence-corrected chi connectivity index (χ0v) is 20.7. The first-order valence-electron chi connectivity index (χ1n) is 11.7. The van der Waals surface area contributed by atoms with Crippen molar-refractivity contribution in [3.63, 3.8) is 0 Å². The molecule has 2 aromatic rings. The van der Waals surface area contributed by atoms with Crippen LogP contribution >= 0.6 is 11.8 Å². The molecule has 0 radical (unpaired) electrons. The Hall–Kier alpha value is -2.09. The summed E-state index contributed by atoms with van der Waals surface area (Å²) in [6.45, 7) is 3.77. The van der Waals surface area contributed by atoms with Gasteiger partial charge in [-0.2, -0.15) is 9.57 Å². The Labute approximate surface area is 199 Å². The molecule has 1 aliphatic heterocycles. The van der Waals surface area contributed by atoms with Gasteiger partial charge >= 0.3 is 0 Å². The number of aryl methyl sites for hydroxylation is 1. The van der Waals surface area contributed by atoms with Gasteiger partial charge in [0, 0.05) is 19.6 Å². The van der Waals surface area contributed by atoms with Crippen LogP contribution in [0.1, 0.15) is 58.3 Å². The first-order chi connectivity index (χ1) is 15.9. The van der Waals surface area contributed by atoms with Crippen molar-refractivity contribution in [1.82, 2.24) is 19.2 Å². The summed E-state index contributed by atoms with van der Waals surface area (Å²) in [5.74, 6) is -0.0161. The second-order valence-corrected chi connectivity index (χ2v) is 11.7. The number of aromatic nitrogens is 2. The van der Waals surface area contributed by atoms with Crippen LogP contribution in [-0.4, -0.2) is 52.6 Å². The van der Waals surface area contributed by atoms with E-state index < -0.39 is 15.6 Å².